The maximum absolute atomic E-state index is 12.1. The fourth-order valence-corrected chi connectivity index (χ4v) is 4.37. The number of aromatic amines is 1. The lowest BCUT2D eigenvalue weighted by molar-refractivity contribution is 0.452. The Hall–Kier alpha value is -4.75. The van der Waals surface area contributed by atoms with Gasteiger partial charge in [-0.15, -0.1) is 0 Å². The first kappa shape index (κ1) is 23.0. The van der Waals surface area contributed by atoms with E-state index in [2.05, 4.69) is 19.9 Å². The lowest BCUT2D eigenvalue weighted by Gasteiger charge is -2.10. The van der Waals surface area contributed by atoms with E-state index in [1.807, 2.05) is 24.3 Å². The van der Waals surface area contributed by atoms with Gasteiger partial charge in [0.25, 0.3) is 0 Å². The normalized spacial score (nSPS) is 11.2. The number of pyridine rings is 2. The van der Waals surface area contributed by atoms with Gasteiger partial charge in [-0.3, -0.25) is 4.98 Å². The summed E-state index contributed by atoms with van der Waals surface area (Å²) in [6, 6.07) is 22.0. The van der Waals surface area contributed by atoms with Gasteiger partial charge in [-0.05, 0) is 42.5 Å². The zero-order valence-electron chi connectivity index (χ0n) is 19.0. The first-order valence-electron chi connectivity index (χ1n) is 11.0. The molecule has 3 heterocycles. The molecule has 1 N–H and O–H groups in total. The van der Waals surface area contributed by atoms with Crippen molar-refractivity contribution in [2.45, 2.75) is 11.8 Å². The van der Waals surface area contributed by atoms with Crippen molar-refractivity contribution in [1.82, 2.24) is 19.9 Å². The van der Waals surface area contributed by atoms with Crippen LogP contribution in [0, 0.1) is 11.3 Å². The Labute approximate surface area is 206 Å². The number of nitrogens with zero attached hydrogens (tertiary/aromatic N) is 4. The maximum atomic E-state index is 12.1. The lowest BCUT2D eigenvalue weighted by Crippen LogP contribution is -2.03. The summed E-state index contributed by atoms with van der Waals surface area (Å²) < 4.78 is 36.2. The van der Waals surface area contributed by atoms with Crippen LogP contribution in [0.2, 0.25) is 0 Å². The van der Waals surface area contributed by atoms with Gasteiger partial charge >= 0.3 is 0 Å². The number of hydrogen-bond acceptors (Lipinski definition) is 8. The second-order valence-electron chi connectivity index (χ2n) is 7.67. The average molecular weight is 498 g/mol. The molecule has 0 fully saturated rings. The minimum Gasteiger partial charge on any atom is -0.457 e. The van der Waals surface area contributed by atoms with Crippen LogP contribution in [0.1, 0.15) is 12.6 Å². The van der Waals surface area contributed by atoms with Crippen LogP contribution >= 0.6 is 0 Å². The molecule has 0 aliphatic heterocycles. The van der Waals surface area contributed by atoms with Gasteiger partial charge in [-0.2, -0.15) is 5.26 Å². The number of ether oxygens (including phenoxy) is 2. The van der Waals surface area contributed by atoms with E-state index in [9.17, 15) is 13.7 Å². The third kappa shape index (κ3) is 4.73. The lowest BCUT2D eigenvalue weighted by atomic mass is 10.2. The van der Waals surface area contributed by atoms with Gasteiger partial charge in [0.2, 0.25) is 5.88 Å². The van der Waals surface area contributed by atoms with Crippen LogP contribution in [0.3, 0.4) is 0 Å². The van der Waals surface area contributed by atoms with Gasteiger partial charge in [0, 0.05) is 24.4 Å². The molecule has 5 aromatic rings. The summed E-state index contributed by atoms with van der Waals surface area (Å²) in [6.07, 6.45) is 1.67. The van der Waals surface area contributed by atoms with E-state index in [0.717, 1.165) is 0 Å². The Bertz CT molecular complexity index is 1690. The molecule has 5 rings (SSSR count). The van der Waals surface area contributed by atoms with Crippen LogP contribution in [0.5, 0.6) is 23.1 Å². The molecule has 10 heteroatoms. The van der Waals surface area contributed by atoms with Crippen molar-refractivity contribution >= 4 is 20.9 Å². The zero-order valence-corrected chi connectivity index (χ0v) is 19.9. The van der Waals surface area contributed by atoms with E-state index in [4.69, 9.17) is 9.47 Å². The van der Waals surface area contributed by atoms with Crippen LogP contribution in [0.15, 0.2) is 83.9 Å². The molecule has 0 spiro atoms. The number of benzene rings is 2. The summed E-state index contributed by atoms with van der Waals surface area (Å²) >= 11 is 0. The van der Waals surface area contributed by atoms with Crippen LogP contribution < -0.4 is 9.47 Å². The summed E-state index contributed by atoms with van der Waals surface area (Å²) in [5.41, 5.74) is 2.02. The molecule has 0 atom stereocenters. The maximum Gasteiger partial charge on any atom is 0.220 e. The largest absolute Gasteiger partial charge is 0.457 e. The van der Waals surface area contributed by atoms with Crippen molar-refractivity contribution in [3.63, 3.8) is 0 Å². The molecule has 0 saturated carbocycles. The van der Waals surface area contributed by atoms with Gasteiger partial charge in [-0.1, -0.05) is 19.1 Å². The summed E-state index contributed by atoms with van der Waals surface area (Å²) in [6.45, 7) is 1.60. The van der Waals surface area contributed by atoms with Gasteiger partial charge in [0.05, 0.1) is 16.2 Å². The monoisotopic (exact) mass is 497 g/mol. The third-order valence-electron chi connectivity index (χ3n) is 5.28. The summed E-state index contributed by atoms with van der Waals surface area (Å²) in [5, 5.41) is 9.17. The Morgan fingerprint density at radius 1 is 0.944 bits per heavy atom. The molecule has 9 nitrogen and oxygen atoms in total. The molecule has 0 aliphatic rings. The van der Waals surface area contributed by atoms with Crippen LogP contribution in [0.25, 0.3) is 22.6 Å². The fourth-order valence-electron chi connectivity index (χ4n) is 3.49. The summed E-state index contributed by atoms with van der Waals surface area (Å²) in [4.78, 5) is 16.7. The topological polar surface area (TPSA) is 131 Å². The second kappa shape index (κ2) is 9.48. The predicted octanol–water partition coefficient (Wildman–Crippen LogP) is 5.27. The Kier molecular flexibility index (Phi) is 6.06. The van der Waals surface area contributed by atoms with E-state index >= 15 is 0 Å². The molecule has 0 radical (unpaired) electrons. The van der Waals surface area contributed by atoms with Crippen molar-refractivity contribution in [3.8, 4) is 40.7 Å². The highest BCUT2D eigenvalue weighted by Gasteiger charge is 2.16. The molecule has 0 saturated heterocycles. The molecular formula is C26H19N5O4S. The molecule has 0 aliphatic carbocycles. The number of rotatable bonds is 7. The number of imidazole rings is 1. The molecule has 0 amide bonds. The number of nitrogens with one attached hydrogen (secondary N) is 1. The highest BCUT2D eigenvalue weighted by molar-refractivity contribution is 7.91. The standard InChI is InChI=1S/C26H19N5O4S/c1-2-36(32,33)20-11-9-18(10-12-20)34-19-14-22-25(31-26(30-22)21-7-3-4-13-28-21)23(15-19)35-24-8-5-6-17(16-27)29-24/h3-15H,2H2,1H3,(H,30,31). The van der Waals surface area contributed by atoms with E-state index in [-0.39, 0.29) is 22.2 Å². The summed E-state index contributed by atoms with van der Waals surface area (Å²) in [7, 11) is -3.31. The van der Waals surface area contributed by atoms with Crippen molar-refractivity contribution in [3.05, 3.63) is 84.7 Å². The van der Waals surface area contributed by atoms with E-state index in [1.165, 1.54) is 12.1 Å². The predicted molar refractivity (Wildman–Crippen MR) is 133 cm³/mol. The van der Waals surface area contributed by atoms with Gasteiger partial charge in [-0.25, -0.2) is 18.4 Å². The molecular weight excluding hydrogens is 478 g/mol. The first-order valence-corrected chi connectivity index (χ1v) is 12.6. The minimum absolute atomic E-state index is 0.0179. The Balaban J connectivity index is 1.55. The highest BCUT2D eigenvalue weighted by Crippen LogP contribution is 2.36. The Morgan fingerprint density at radius 3 is 2.50 bits per heavy atom. The van der Waals surface area contributed by atoms with Crippen LogP contribution in [-0.2, 0) is 9.84 Å². The zero-order chi connectivity index (χ0) is 25.1. The van der Waals surface area contributed by atoms with Crippen molar-refractivity contribution in [2.75, 3.05) is 5.75 Å². The second-order valence-corrected chi connectivity index (χ2v) is 9.95. The van der Waals surface area contributed by atoms with Gasteiger partial charge in [0.1, 0.15) is 34.5 Å². The smallest absolute Gasteiger partial charge is 0.220 e. The number of aromatic nitrogens is 4. The number of H-pyrrole nitrogens is 1. The molecule has 178 valence electrons. The molecule has 0 unspecified atom stereocenters. The third-order valence-corrected chi connectivity index (χ3v) is 7.03. The van der Waals surface area contributed by atoms with Crippen molar-refractivity contribution in [2.24, 2.45) is 0 Å². The average Bonchev–Trinajstić information content (AvgIpc) is 3.34. The molecule has 2 aromatic carbocycles. The molecule has 0 bridgehead atoms. The Morgan fingerprint density at radius 2 is 1.78 bits per heavy atom. The van der Waals surface area contributed by atoms with Crippen molar-refractivity contribution in [1.29, 1.82) is 5.26 Å². The van der Waals surface area contributed by atoms with E-state index < -0.39 is 9.84 Å². The highest BCUT2D eigenvalue weighted by atomic mass is 32.2. The fraction of sp³-hybridized carbons (Fsp3) is 0.0769. The van der Waals surface area contributed by atoms with Gasteiger partial charge in [0.15, 0.2) is 21.4 Å². The minimum atomic E-state index is -3.31. The number of nitriles is 1. The van der Waals surface area contributed by atoms with Gasteiger partial charge < -0.3 is 14.5 Å². The summed E-state index contributed by atoms with van der Waals surface area (Å²) in [5.74, 6) is 2.02. The van der Waals surface area contributed by atoms with E-state index in [0.29, 0.717) is 39.8 Å². The molecule has 3 aromatic heterocycles. The van der Waals surface area contributed by atoms with Crippen LogP contribution in [0.4, 0.5) is 0 Å². The SMILES string of the molecule is CCS(=O)(=O)c1ccc(Oc2cc(Oc3cccc(C#N)n3)c3nc(-c4ccccn4)[nH]c3c2)cc1. The van der Waals surface area contributed by atoms with Crippen LogP contribution in [-0.4, -0.2) is 34.1 Å². The number of fused-ring (bicyclic) bond motifs is 1. The van der Waals surface area contributed by atoms with E-state index in [1.54, 1.807) is 55.6 Å². The number of hydrogen-bond donors (Lipinski definition) is 1. The first-order chi connectivity index (χ1) is 17.4. The number of sulfone groups is 1. The molecule has 36 heavy (non-hydrogen) atoms. The quantitative estimate of drug-likeness (QED) is 0.322. The van der Waals surface area contributed by atoms with Crippen molar-refractivity contribution < 1.29 is 17.9 Å².